The third kappa shape index (κ3) is 18.1. The highest BCUT2D eigenvalue weighted by Gasteiger charge is 2.26. The summed E-state index contributed by atoms with van der Waals surface area (Å²) in [5.41, 5.74) is 5.63. The van der Waals surface area contributed by atoms with Crippen molar-refractivity contribution >= 4 is 5.97 Å². The molecule has 0 bridgehead atoms. The average molecular weight is 549 g/mol. The largest absolute Gasteiger partial charge is 0.461 e. The van der Waals surface area contributed by atoms with Crippen molar-refractivity contribution < 1.29 is 9.53 Å². The highest BCUT2D eigenvalue weighted by atomic mass is 16.5. The number of carbonyl (C=O) groups is 1. The predicted octanol–water partition coefficient (Wildman–Crippen LogP) is 11.9. The van der Waals surface area contributed by atoms with Gasteiger partial charge in [0.15, 0.2) is 0 Å². The van der Waals surface area contributed by atoms with E-state index in [9.17, 15) is 4.79 Å². The molecular weight excluding hydrogens is 488 g/mol. The van der Waals surface area contributed by atoms with Gasteiger partial charge in [-0.15, -0.1) is 0 Å². The Morgan fingerprint density at radius 3 is 2.25 bits per heavy atom. The summed E-state index contributed by atoms with van der Waals surface area (Å²) in [4.78, 5) is 12.0. The first kappa shape index (κ1) is 35.7. The number of unbranched alkanes of at least 4 members (excludes halogenated alkanes) is 8. The van der Waals surface area contributed by atoms with Crippen LogP contribution in [0.4, 0.5) is 0 Å². The number of hydrogen-bond donors (Lipinski definition) is 0. The van der Waals surface area contributed by atoms with Crippen LogP contribution in [0, 0.1) is 5.41 Å². The monoisotopic (exact) mass is 548 g/mol. The van der Waals surface area contributed by atoms with Gasteiger partial charge >= 0.3 is 5.97 Å². The van der Waals surface area contributed by atoms with E-state index in [1.165, 1.54) is 80.9 Å². The second-order valence-electron chi connectivity index (χ2n) is 12.1. The van der Waals surface area contributed by atoms with E-state index in [0.29, 0.717) is 13.0 Å². The molecule has 0 saturated heterocycles. The quantitative estimate of drug-likeness (QED) is 0.0654. The maximum atomic E-state index is 12.0. The Bertz CT molecular complexity index is 917. The van der Waals surface area contributed by atoms with Gasteiger partial charge in [-0.25, -0.2) is 0 Å². The van der Waals surface area contributed by atoms with Crippen molar-refractivity contribution in [3.63, 3.8) is 0 Å². The van der Waals surface area contributed by atoms with E-state index >= 15 is 0 Å². The molecule has 0 aromatic carbocycles. The Labute approximate surface area is 248 Å². The smallest absolute Gasteiger partial charge is 0.306 e. The Hall–Kier alpha value is -2.35. The summed E-state index contributed by atoms with van der Waals surface area (Å²) < 4.78 is 5.40. The van der Waals surface area contributed by atoms with Gasteiger partial charge in [-0.2, -0.15) is 0 Å². The van der Waals surface area contributed by atoms with Crippen LogP contribution in [-0.2, 0) is 9.53 Å². The van der Waals surface area contributed by atoms with Crippen LogP contribution in [0.15, 0.2) is 83.1 Å². The summed E-state index contributed by atoms with van der Waals surface area (Å²) in [5.74, 6) is -0.0881. The first-order valence-electron chi connectivity index (χ1n) is 16.1. The van der Waals surface area contributed by atoms with Gasteiger partial charge in [0.25, 0.3) is 0 Å². The molecule has 0 spiro atoms. The van der Waals surface area contributed by atoms with Crippen LogP contribution in [0.1, 0.15) is 138 Å². The molecule has 0 atom stereocenters. The fourth-order valence-corrected chi connectivity index (χ4v) is 5.12. The SMILES string of the molecule is CCCCC/C=C/C/C=C/CCCCCCCC(=O)OC/C=C(C)/C=C/C=C(C)/C=C/C1=C(C)CCCC1(C)C. The van der Waals surface area contributed by atoms with E-state index < -0.39 is 0 Å². The number of hydrogen-bond acceptors (Lipinski definition) is 2. The van der Waals surface area contributed by atoms with Crippen LogP contribution >= 0.6 is 0 Å². The zero-order valence-electron chi connectivity index (χ0n) is 26.9. The lowest BCUT2D eigenvalue weighted by Gasteiger charge is -2.32. The lowest BCUT2D eigenvalue weighted by molar-refractivity contribution is -0.142. The summed E-state index contributed by atoms with van der Waals surface area (Å²) in [5, 5.41) is 0. The summed E-state index contributed by atoms with van der Waals surface area (Å²) >= 11 is 0. The standard InChI is InChI=1S/C38H60O2/c1-7-8-9-10-11-12-13-14-15-16-17-18-19-20-21-27-37(39)40-32-30-34(3)25-22-24-33(2)28-29-36-35(4)26-23-31-38(36,5)6/h11-12,14-15,22,24-25,28-30H,7-10,13,16-21,23,26-27,31-32H2,1-6H3/b12-11+,15-14+,25-22+,29-28+,33-24+,34-30+. The van der Waals surface area contributed by atoms with E-state index in [0.717, 1.165) is 31.3 Å². The lowest BCUT2D eigenvalue weighted by Crippen LogP contribution is -2.19. The van der Waals surface area contributed by atoms with Gasteiger partial charge in [-0.05, 0) is 95.6 Å². The maximum absolute atomic E-state index is 12.0. The molecule has 0 amide bonds. The lowest BCUT2D eigenvalue weighted by atomic mass is 9.72. The van der Waals surface area contributed by atoms with Crippen molar-refractivity contribution in [1.82, 2.24) is 0 Å². The summed E-state index contributed by atoms with van der Waals surface area (Å²) in [6.07, 6.45) is 39.4. The molecular formula is C38H60O2. The van der Waals surface area contributed by atoms with E-state index in [1.54, 1.807) is 0 Å². The fourth-order valence-electron chi connectivity index (χ4n) is 5.12. The van der Waals surface area contributed by atoms with Gasteiger partial charge in [0, 0.05) is 6.42 Å². The minimum absolute atomic E-state index is 0.0881. The summed E-state index contributed by atoms with van der Waals surface area (Å²) in [6, 6.07) is 0. The van der Waals surface area contributed by atoms with Crippen molar-refractivity contribution in [3.8, 4) is 0 Å². The molecule has 2 nitrogen and oxygen atoms in total. The molecule has 40 heavy (non-hydrogen) atoms. The number of allylic oxidation sites excluding steroid dienone is 13. The van der Waals surface area contributed by atoms with E-state index in [4.69, 9.17) is 4.74 Å². The third-order valence-electron chi connectivity index (χ3n) is 7.75. The molecule has 0 unspecified atom stereocenters. The third-order valence-corrected chi connectivity index (χ3v) is 7.75. The highest BCUT2D eigenvalue weighted by Crippen LogP contribution is 2.40. The molecule has 0 heterocycles. The first-order chi connectivity index (χ1) is 19.3. The number of ether oxygens (including phenoxy) is 1. The van der Waals surface area contributed by atoms with Gasteiger partial charge < -0.3 is 4.74 Å². The molecule has 224 valence electrons. The van der Waals surface area contributed by atoms with Crippen molar-refractivity contribution in [1.29, 1.82) is 0 Å². The topological polar surface area (TPSA) is 26.3 Å². The van der Waals surface area contributed by atoms with Crippen molar-refractivity contribution in [3.05, 3.63) is 83.1 Å². The number of esters is 1. The molecule has 1 aliphatic carbocycles. The fraction of sp³-hybridized carbons (Fsp3) is 0.605. The highest BCUT2D eigenvalue weighted by molar-refractivity contribution is 5.69. The van der Waals surface area contributed by atoms with Crippen LogP contribution in [-0.4, -0.2) is 12.6 Å². The molecule has 2 heteroatoms. The minimum atomic E-state index is -0.0881. The second-order valence-corrected chi connectivity index (χ2v) is 12.1. The molecule has 0 aromatic rings. The maximum Gasteiger partial charge on any atom is 0.306 e. The molecule has 0 aliphatic heterocycles. The summed E-state index contributed by atoms with van der Waals surface area (Å²) in [7, 11) is 0. The molecule has 0 N–H and O–H groups in total. The molecule has 0 aromatic heterocycles. The zero-order valence-corrected chi connectivity index (χ0v) is 26.9. The van der Waals surface area contributed by atoms with Gasteiger partial charge in [0.2, 0.25) is 0 Å². The van der Waals surface area contributed by atoms with Gasteiger partial charge in [-0.1, -0.05) is 124 Å². The zero-order chi connectivity index (χ0) is 29.5. The first-order valence-corrected chi connectivity index (χ1v) is 16.1. The van der Waals surface area contributed by atoms with E-state index in [1.807, 2.05) is 13.0 Å². The van der Waals surface area contributed by atoms with Crippen molar-refractivity contribution in [2.24, 2.45) is 5.41 Å². The van der Waals surface area contributed by atoms with Crippen molar-refractivity contribution in [2.45, 2.75) is 138 Å². The molecule has 0 radical (unpaired) electrons. The Balaban J connectivity index is 2.14. The van der Waals surface area contributed by atoms with Gasteiger partial charge in [0.05, 0.1) is 0 Å². The Morgan fingerprint density at radius 2 is 1.55 bits per heavy atom. The number of carbonyl (C=O) groups excluding carboxylic acids is 1. The molecule has 1 rings (SSSR count). The second kappa shape index (κ2) is 22.4. The minimum Gasteiger partial charge on any atom is -0.461 e. The van der Waals surface area contributed by atoms with Gasteiger partial charge in [-0.3, -0.25) is 4.79 Å². The molecule has 0 fully saturated rings. The molecule has 1 aliphatic rings. The van der Waals surface area contributed by atoms with E-state index in [-0.39, 0.29) is 11.4 Å². The normalized spacial score (nSPS) is 16.9. The van der Waals surface area contributed by atoms with Gasteiger partial charge in [0.1, 0.15) is 6.61 Å². The van der Waals surface area contributed by atoms with Crippen LogP contribution < -0.4 is 0 Å². The summed E-state index contributed by atoms with van der Waals surface area (Å²) in [6.45, 7) is 13.8. The Morgan fingerprint density at radius 1 is 0.875 bits per heavy atom. The van der Waals surface area contributed by atoms with Crippen LogP contribution in [0.3, 0.4) is 0 Å². The molecule has 0 saturated carbocycles. The average Bonchev–Trinajstić information content (AvgIpc) is 2.90. The Kier molecular flexibility index (Phi) is 19.9. The van der Waals surface area contributed by atoms with Crippen LogP contribution in [0.2, 0.25) is 0 Å². The number of rotatable bonds is 20. The van der Waals surface area contributed by atoms with Crippen LogP contribution in [0.25, 0.3) is 0 Å². The predicted molar refractivity (Wildman–Crippen MR) is 176 cm³/mol. The van der Waals surface area contributed by atoms with Crippen molar-refractivity contribution in [2.75, 3.05) is 6.61 Å². The van der Waals surface area contributed by atoms with E-state index in [2.05, 4.69) is 89.3 Å². The van der Waals surface area contributed by atoms with Crippen LogP contribution in [0.5, 0.6) is 0 Å².